The lowest BCUT2D eigenvalue weighted by molar-refractivity contribution is -0.129. The fourth-order valence-corrected chi connectivity index (χ4v) is 4.06. The molecule has 1 amide bonds. The number of hydrogen-bond acceptors (Lipinski definition) is 3. The van der Waals surface area contributed by atoms with Gasteiger partial charge in [-0.25, -0.2) is 5.48 Å². The van der Waals surface area contributed by atoms with E-state index in [1.165, 1.54) is 116 Å². The number of carbonyl (C=O) groups excluding carboxylic acids is 1. The van der Waals surface area contributed by atoms with Crippen molar-refractivity contribution in [3.05, 3.63) is 0 Å². The van der Waals surface area contributed by atoms with Gasteiger partial charge in [-0.3, -0.25) is 10.0 Å². The third kappa shape index (κ3) is 25.7. The standard InChI is InChI=1S/C24H48N2O2S2/c27-23(26-28)21-19-17-15-13-11-9-7-5-3-1-2-4-6-8-10-12-14-16-18-20-22-25-24(29)30/h28H,1-22H2,(H,26,27)(H2,25,29,30). The van der Waals surface area contributed by atoms with E-state index in [0.29, 0.717) is 10.7 Å². The molecule has 0 heterocycles. The van der Waals surface area contributed by atoms with Gasteiger partial charge in [0.15, 0.2) is 0 Å². The van der Waals surface area contributed by atoms with Crippen molar-refractivity contribution in [3.8, 4) is 0 Å². The fraction of sp³-hybridized carbons (Fsp3) is 0.917. The average molecular weight is 461 g/mol. The summed E-state index contributed by atoms with van der Waals surface area (Å²) in [6.45, 7) is 0.970. The van der Waals surface area contributed by atoms with Crippen LogP contribution in [0.25, 0.3) is 0 Å². The first-order valence-corrected chi connectivity index (χ1v) is 13.4. The second kappa shape index (κ2) is 24.9. The van der Waals surface area contributed by atoms with Crippen LogP contribution >= 0.6 is 24.8 Å². The molecule has 4 nitrogen and oxygen atoms in total. The zero-order chi connectivity index (χ0) is 22.1. The summed E-state index contributed by atoms with van der Waals surface area (Å²) in [6.07, 6.45) is 26.9. The third-order valence-corrected chi connectivity index (χ3v) is 6.03. The lowest BCUT2D eigenvalue weighted by Crippen LogP contribution is -2.17. The summed E-state index contributed by atoms with van der Waals surface area (Å²) < 4.78 is 0.613. The molecule has 0 atom stereocenters. The molecule has 0 radical (unpaired) electrons. The van der Waals surface area contributed by atoms with Crippen molar-refractivity contribution in [2.45, 2.75) is 135 Å². The number of hydroxylamine groups is 1. The summed E-state index contributed by atoms with van der Waals surface area (Å²) in [6, 6.07) is 0. The van der Waals surface area contributed by atoms with Gasteiger partial charge in [0.05, 0.1) is 0 Å². The van der Waals surface area contributed by atoms with Crippen molar-refractivity contribution in [1.82, 2.24) is 10.8 Å². The topological polar surface area (TPSA) is 61.4 Å². The Morgan fingerprint density at radius 2 is 0.900 bits per heavy atom. The van der Waals surface area contributed by atoms with Gasteiger partial charge in [0.2, 0.25) is 5.91 Å². The molecular weight excluding hydrogens is 412 g/mol. The maximum absolute atomic E-state index is 10.9. The number of amides is 1. The summed E-state index contributed by atoms with van der Waals surface area (Å²) >= 11 is 8.93. The smallest absolute Gasteiger partial charge is 0.243 e. The summed E-state index contributed by atoms with van der Waals surface area (Å²) in [7, 11) is 0. The van der Waals surface area contributed by atoms with Gasteiger partial charge in [-0.05, 0) is 12.8 Å². The largest absolute Gasteiger partial charge is 0.371 e. The molecule has 0 aliphatic carbocycles. The van der Waals surface area contributed by atoms with E-state index >= 15 is 0 Å². The van der Waals surface area contributed by atoms with Crippen LogP contribution in [0.15, 0.2) is 0 Å². The third-order valence-electron chi connectivity index (χ3n) is 5.73. The minimum absolute atomic E-state index is 0.263. The van der Waals surface area contributed by atoms with Crippen LogP contribution in [-0.2, 0) is 4.79 Å². The number of rotatable bonds is 23. The second-order valence-electron chi connectivity index (χ2n) is 8.59. The quantitative estimate of drug-likeness (QED) is 0.0419. The van der Waals surface area contributed by atoms with E-state index in [2.05, 4.69) is 17.9 Å². The van der Waals surface area contributed by atoms with Gasteiger partial charge in [0.25, 0.3) is 0 Å². The van der Waals surface area contributed by atoms with E-state index in [4.69, 9.17) is 17.4 Å². The minimum atomic E-state index is -0.263. The Labute approximate surface area is 197 Å². The molecule has 0 aliphatic heterocycles. The number of thiocarbonyl (C=S) groups is 1. The van der Waals surface area contributed by atoms with Crippen molar-refractivity contribution in [1.29, 1.82) is 0 Å². The Bertz CT molecular complexity index is 395. The SMILES string of the molecule is O=C(CCCCCCCCCCCCCCCCCCCCCCNC(=S)S)NO. The van der Waals surface area contributed by atoms with Crippen LogP contribution in [0.1, 0.15) is 135 Å². The first-order valence-electron chi connectivity index (χ1n) is 12.6. The van der Waals surface area contributed by atoms with E-state index in [0.717, 1.165) is 19.4 Å². The normalized spacial score (nSPS) is 10.9. The molecule has 0 aromatic carbocycles. The summed E-state index contributed by atoms with van der Waals surface area (Å²) in [4.78, 5) is 10.9. The number of thiol groups is 1. The first kappa shape index (κ1) is 29.7. The predicted octanol–water partition coefficient (Wildman–Crippen LogP) is 7.49. The molecule has 0 fully saturated rings. The molecule has 0 spiro atoms. The molecule has 0 saturated carbocycles. The summed E-state index contributed by atoms with van der Waals surface area (Å²) in [5.74, 6) is -0.263. The molecule has 0 aliphatic rings. The molecule has 30 heavy (non-hydrogen) atoms. The van der Waals surface area contributed by atoms with E-state index in [9.17, 15) is 4.79 Å². The maximum atomic E-state index is 10.9. The van der Waals surface area contributed by atoms with Crippen molar-refractivity contribution in [2.75, 3.05) is 6.54 Å². The molecule has 0 rings (SSSR count). The monoisotopic (exact) mass is 460 g/mol. The molecule has 0 saturated heterocycles. The van der Waals surface area contributed by atoms with Crippen LogP contribution in [-0.4, -0.2) is 22.0 Å². The zero-order valence-corrected chi connectivity index (χ0v) is 21.0. The van der Waals surface area contributed by atoms with Gasteiger partial charge in [0.1, 0.15) is 4.32 Å². The average Bonchev–Trinajstić information content (AvgIpc) is 2.73. The number of hydrogen-bond donors (Lipinski definition) is 4. The molecule has 0 aromatic rings. The number of nitrogens with one attached hydrogen (secondary N) is 2. The summed E-state index contributed by atoms with van der Waals surface area (Å²) in [5.41, 5.74) is 1.69. The molecular formula is C24H48N2O2S2. The zero-order valence-electron chi connectivity index (χ0n) is 19.3. The van der Waals surface area contributed by atoms with Crippen LogP contribution in [0.4, 0.5) is 0 Å². The van der Waals surface area contributed by atoms with Crippen LogP contribution < -0.4 is 10.8 Å². The van der Waals surface area contributed by atoms with Crippen LogP contribution in [0.2, 0.25) is 0 Å². The van der Waals surface area contributed by atoms with Crippen LogP contribution in [0.5, 0.6) is 0 Å². The van der Waals surface area contributed by atoms with Crippen molar-refractivity contribution < 1.29 is 10.0 Å². The Hall–Kier alpha value is -0.330. The number of unbranched alkanes of at least 4 members (excludes halogenated alkanes) is 19. The van der Waals surface area contributed by atoms with E-state index in [-0.39, 0.29) is 5.91 Å². The van der Waals surface area contributed by atoms with E-state index in [1.54, 1.807) is 5.48 Å². The van der Waals surface area contributed by atoms with Gasteiger partial charge in [-0.1, -0.05) is 128 Å². The second-order valence-corrected chi connectivity index (χ2v) is 9.75. The van der Waals surface area contributed by atoms with Crippen LogP contribution in [0.3, 0.4) is 0 Å². The Morgan fingerprint density at radius 3 is 1.20 bits per heavy atom. The van der Waals surface area contributed by atoms with Crippen LogP contribution in [0, 0.1) is 0 Å². The molecule has 178 valence electrons. The highest BCUT2D eigenvalue weighted by Crippen LogP contribution is 2.15. The lowest BCUT2D eigenvalue weighted by Gasteiger charge is -2.05. The van der Waals surface area contributed by atoms with E-state index in [1.807, 2.05) is 0 Å². The highest BCUT2D eigenvalue weighted by molar-refractivity contribution is 8.11. The van der Waals surface area contributed by atoms with Gasteiger partial charge in [0, 0.05) is 13.0 Å². The van der Waals surface area contributed by atoms with Crippen molar-refractivity contribution in [3.63, 3.8) is 0 Å². The Kier molecular flexibility index (Phi) is 24.7. The Morgan fingerprint density at radius 1 is 0.600 bits per heavy atom. The van der Waals surface area contributed by atoms with Gasteiger partial charge < -0.3 is 5.32 Å². The molecule has 3 N–H and O–H groups in total. The number of carbonyl (C=O) groups is 1. The summed E-state index contributed by atoms with van der Waals surface area (Å²) in [5, 5.41) is 11.5. The molecule has 6 heteroatoms. The minimum Gasteiger partial charge on any atom is -0.371 e. The highest BCUT2D eigenvalue weighted by Gasteiger charge is 1.98. The Balaban J connectivity index is 3.03. The van der Waals surface area contributed by atoms with E-state index < -0.39 is 0 Å². The lowest BCUT2D eigenvalue weighted by atomic mass is 10.0. The highest BCUT2D eigenvalue weighted by atomic mass is 32.1. The fourth-order valence-electron chi connectivity index (χ4n) is 3.84. The van der Waals surface area contributed by atoms with Gasteiger partial charge in [-0.2, -0.15) is 0 Å². The van der Waals surface area contributed by atoms with Crippen molar-refractivity contribution >= 4 is 35.1 Å². The van der Waals surface area contributed by atoms with Crippen molar-refractivity contribution in [2.24, 2.45) is 0 Å². The van der Waals surface area contributed by atoms with Gasteiger partial charge in [-0.15, -0.1) is 12.6 Å². The maximum Gasteiger partial charge on any atom is 0.243 e. The molecule has 0 unspecified atom stereocenters. The predicted molar refractivity (Wildman–Crippen MR) is 136 cm³/mol. The van der Waals surface area contributed by atoms with Gasteiger partial charge >= 0.3 is 0 Å². The first-order chi connectivity index (χ1) is 14.7. The molecule has 0 bridgehead atoms. The molecule has 0 aromatic heterocycles.